The molecule has 0 fully saturated rings. The highest BCUT2D eigenvalue weighted by Crippen LogP contribution is 2.27. The Morgan fingerprint density at radius 2 is 1.64 bits per heavy atom. The van der Waals surface area contributed by atoms with E-state index in [1.54, 1.807) is 42.6 Å². The maximum Gasteiger partial charge on any atom is 0.253 e. The van der Waals surface area contributed by atoms with Crippen molar-refractivity contribution in [3.05, 3.63) is 101 Å². The molecule has 4 rings (SSSR count). The first-order chi connectivity index (χ1) is 20.2. The van der Waals surface area contributed by atoms with E-state index in [0.29, 0.717) is 41.5 Å². The molecule has 42 heavy (non-hydrogen) atoms. The minimum absolute atomic E-state index is 0.117. The molecule has 2 aromatic heterocycles. The molecule has 0 bridgehead atoms. The number of nitrogens with one attached hydrogen (secondary N) is 2. The average molecular weight is 578 g/mol. The zero-order chi connectivity index (χ0) is 30.1. The molecule has 0 aliphatic carbocycles. The molecule has 0 aliphatic rings. The molecular weight excluding hydrogens is 544 g/mol. The number of carbonyl (C=O) groups excluding carboxylic acids is 2. The lowest BCUT2D eigenvalue weighted by molar-refractivity contribution is -0.131. The molecule has 0 radical (unpaired) electrons. The van der Waals surface area contributed by atoms with Crippen LogP contribution in [0.3, 0.4) is 0 Å². The number of hydrogen-bond donors (Lipinski definition) is 2. The van der Waals surface area contributed by atoms with Gasteiger partial charge in [0.2, 0.25) is 0 Å². The van der Waals surface area contributed by atoms with Gasteiger partial charge in [-0.1, -0.05) is 23.8 Å². The van der Waals surface area contributed by atoms with E-state index in [0.717, 1.165) is 5.56 Å². The van der Waals surface area contributed by atoms with Crippen LogP contribution in [0.5, 0.6) is 11.5 Å². The van der Waals surface area contributed by atoms with Gasteiger partial charge in [0.1, 0.15) is 28.9 Å². The minimum Gasteiger partial charge on any atom is -0.457 e. The number of ketones is 1. The third-order valence-corrected chi connectivity index (χ3v) is 6.32. The van der Waals surface area contributed by atoms with E-state index in [1.165, 1.54) is 24.4 Å². The number of rotatable bonds is 14. The standard InChI is InChI=1S/C32H33F2N3O5/c1-4-40-31(41-5-2)19-37-32(39)23-15-29(36-18-23)30-17-26(10-11-35-30)42-25-8-7-21(28(34)16-25)13-24(38)14-22-12-20(3)6-9-27(22)33/h6-12,15-18,31,36H,4-5,13-14,19H2,1-3H3,(H,37,39). The summed E-state index contributed by atoms with van der Waals surface area (Å²) in [5.41, 5.74) is 2.84. The number of nitrogens with zero attached hydrogens (tertiary/aromatic N) is 1. The lowest BCUT2D eigenvalue weighted by atomic mass is 10.0. The Bertz CT molecular complexity index is 1530. The Morgan fingerprint density at radius 3 is 2.38 bits per heavy atom. The average Bonchev–Trinajstić information content (AvgIpc) is 3.46. The SMILES string of the molecule is CCOC(CNC(=O)c1c[nH]c(-c2cc(Oc3ccc(CC(=O)Cc4cc(C)ccc4F)c(F)c3)ccn2)c1)OCC. The summed E-state index contributed by atoms with van der Waals surface area (Å²) in [4.78, 5) is 32.5. The molecule has 2 heterocycles. The third kappa shape index (κ3) is 8.31. The van der Waals surface area contributed by atoms with E-state index in [1.807, 2.05) is 20.8 Å². The van der Waals surface area contributed by atoms with Gasteiger partial charge in [0.25, 0.3) is 5.91 Å². The predicted molar refractivity (Wildman–Crippen MR) is 153 cm³/mol. The Kier molecular flexibility index (Phi) is 10.5. The second-order valence-electron chi connectivity index (χ2n) is 9.57. The van der Waals surface area contributed by atoms with Crippen LogP contribution >= 0.6 is 0 Å². The van der Waals surface area contributed by atoms with Crippen molar-refractivity contribution in [1.29, 1.82) is 0 Å². The molecule has 0 saturated carbocycles. The smallest absolute Gasteiger partial charge is 0.253 e. The summed E-state index contributed by atoms with van der Waals surface area (Å²) in [7, 11) is 0. The molecule has 220 valence electrons. The second-order valence-corrected chi connectivity index (χ2v) is 9.57. The number of ether oxygens (including phenoxy) is 3. The zero-order valence-electron chi connectivity index (χ0n) is 23.7. The molecule has 10 heteroatoms. The molecule has 8 nitrogen and oxygen atoms in total. The Hall–Kier alpha value is -4.41. The van der Waals surface area contributed by atoms with Crippen molar-refractivity contribution >= 4 is 11.7 Å². The summed E-state index contributed by atoms with van der Waals surface area (Å²) in [5, 5.41) is 2.79. The highest BCUT2D eigenvalue weighted by Gasteiger charge is 2.16. The normalized spacial score (nSPS) is 11.1. The predicted octanol–water partition coefficient (Wildman–Crippen LogP) is 5.94. The van der Waals surface area contributed by atoms with Gasteiger partial charge in [0, 0.05) is 50.6 Å². The number of aromatic nitrogens is 2. The summed E-state index contributed by atoms with van der Waals surface area (Å²) < 4.78 is 45.6. The van der Waals surface area contributed by atoms with Crippen molar-refractivity contribution < 1.29 is 32.6 Å². The summed E-state index contributed by atoms with van der Waals surface area (Å²) in [6.07, 6.45) is 2.29. The van der Waals surface area contributed by atoms with Gasteiger partial charge in [-0.05, 0) is 56.2 Å². The first-order valence-electron chi connectivity index (χ1n) is 13.6. The van der Waals surface area contributed by atoms with Crippen LogP contribution in [-0.2, 0) is 27.1 Å². The van der Waals surface area contributed by atoms with Gasteiger partial charge in [0.05, 0.1) is 23.5 Å². The van der Waals surface area contributed by atoms with E-state index >= 15 is 0 Å². The number of carbonyl (C=O) groups is 2. The fourth-order valence-corrected chi connectivity index (χ4v) is 4.31. The molecule has 4 aromatic rings. The van der Waals surface area contributed by atoms with Gasteiger partial charge in [-0.15, -0.1) is 0 Å². The van der Waals surface area contributed by atoms with Crippen LogP contribution < -0.4 is 10.1 Å². The minimum atomic E-state index is -0.601. The quantitative estimate of drug-likeness (QED) is 0.180. The first kappa shape index (κ1) is 30.5. The van der Waals surface area contributed by atoms with Gasteiger partial charge in [0.15, 0.2) is 6.29 Å². The molecule has 1 amide bonds. The number of Topliss-reactive ketones (excluding diaryl/α,β-unsaturated/α-hetero) is 1. The van der Waals surface area contributed by atoms with Crippen LogP contribution in [0.4, 0.5) is 8.78 Å². The van der Waals surface area contributed by atoms with Crippen molar-refractivity contribution in [3.63, 3.8) is 0 Å². The maximum absolute atomic E-state index is 14.8. The van der Waals surface area contributed by atoms with Crippen LogP contribution in [0.2, 0.25) is 0 Å². The molecule has 0 spiro atoms. The topological polar surface area (TPSA) is 103 Å². The van der Waals surface area contributed by atoms with Gasteiger partial charge in [-0.2, -0.15) is 0 Å². The molecule has 0 unspecified atom stereocenters. The van der Waals surface area contributed by atoms with Crippen LogP contribution in [-0.4, -0.2) is 47.7 Å². The summed E-state index contributed by atoms with van der Waals surface area (Å²) in [5.74, 6) is -1.02. The van der Waals surface area contributed by atoms with Gasteiger partial charge >= 0.3 is 0 Å². The van der Waals surface area contributed by atoms with Crippen LogP contribution in [0.1, 0.15) is 40.9 Å². The number of pyridine rings is 1. The highest BCUT2D eigenvalue weighted by molar-refractivity contribution is 5.95. The fourth-order valence-electron chi connectivity index (χ4n) is 4.31. The van der Waals surface area contributed by atoms with Gasteiger partial charge in [-0.3, -0.25) is 14.6 Å². The van der Waals surface area contributed by atoms with Crippen LogP contribution in [0.25, 0.3) is 11.4 Å². The van der Waals surface area contributed by atoms with Crippen molar-refractivity contribution in [2.45, 2.75) is 39.9 Å². The lowest BCUT2D eigenvalue weighted by Crippen LogP contribution is -2.35. The Morgan fingerprint density at radius 1 is 0.905 bits per heavy atom. The zero-order valence-corrected chi connectivity index (χ0v) is 23.7. The van der Waals surface area contributed by atoms with E-state index < -0.39 is 17.9 Å². The number of benzene rings is 2. The van der Waals surface area contributed by atoms with E-state index in [4.69, 9.17) is 14.2 Å². The first-order valence-corrected chi connectivity index (χ1v) is 13.6. The largest absolute Gasteiger partial charge is 0.457 e. The second kappa shape index (κ2) is 14.5. The lowest BCUT2D eigenvalue weighted by Gasteiger charge is -2.17. The Labute approximate surface area is 243 Å². The van der Waals surface area contributed by atoms with Crippen LogP contribution in [0.15, 0.2) is 67.0 Å². The molecular formula is C32H33F2N3O5. The molecule has 0 aliphatic heterocycles. The van der Waals surface area contributed by atoms with Crippen molar-refractivity contribution in [1.82, 2.24) is 15.3 Å². The summed E-state index contributed by atoms with van der Waals surface area (Å²) >= 11 is 0. The number of aryl methyl sites for hydroxylation is 1. The molecule has 2 aromatic carbocycles. The maximum atomic E-state index is 14.8. The van der Waals surface area contributed by atoms with Gasteiger partial charge < -0.3 is 24.5 Å². The third-order valence-electron chi connectivity index (χ3n) is 6.32. The van der Waals surface area contributed by atoms with Crippen molar-refractivity contribution in [2.24, 2.45) is 0 Å². The van der Waals surface area contributed by atoms with E-state index in [9.17, 15) is 18.4 Å². The monoisotopic (exact) mass is 577 g/mol. The molecule has 0 atom stereocenters. The summed E-state index contributed by atoms with van der Waals surface area (Å²) in [6, 6.07) is 13.7. The molecule has 0 saturated heterocycles. The Balaban J connectivity index is 1.37. The number of hydrogen-bond acceptors (Lipinski definition) is 6. The number of aromatic amines is 1. The van der Waals surface area contributed by atoms with Gasteiger partial charge in [-0.25, -0.2) is 8.78 Å². The van der Waals surface area contributed by atoms with Crippen LogP contribution in [0, 0.1) is 18.6 Å². The highest BCUT2D eigenvalue weighted by atomic mass is 19.1. The number of H-pyrrole nitrogens is 1. The fraction of sp³-hybridized carbons (Fsp3) is 0.281. The number of halogens is 2. The van der Waals surface area contributed by atoms with Crippen molar-refractivity contribution in [3.8, 4) is 22.9 Å². The molecule has 2 N–H and O–H groups in total. The number of amides is 1. The van der Waals surface area contributed by atoms with E-state index in [2.05, 4.69) is 15.3 Å². The summed E-state index contributed by atoms with van der Waals surface area (Å²) in [6.45, 7) is 6.65. The van der Waals surface area contributed by atoms with Crippen molar-refractivity contribution in [2.75, 3.05) is 19.8 Å². The van der Waals surface area contributed by atoms with E-state index in [-0.39, 0.29) is 42.4 Å².